The van der Waals surface area contributed by atoms with Gasteiger partial charge in [-0.25, -0.2) is 0 Å². The Kier molecular flexibility index (Phi) is 3.75. The summed E-state index contributed by atoms with van der Waals surface area (Å²) in [4.78, 5) is 12.7. The van der Waals surface area contributed by atoms with Crippen LogP contribution in [0.1, 0.15) is 17.9 Å². The first kappa shape index (κ1) is 12.3. The molecule has 0 amide bonds. The number of ether oxygens (including phenoxy) is 1. The van der Waals surface area contributed by atoms with Crippen molar-refractivity contribution in [1.82, 2.24) is 0 Å². The van der Waals surface area contributed by atoms with E-state index in [2.05, 4.69) is 0 Å². The predicted octanol–water partition coefficient (Wildman–Crippen LogP) is 3.54. The third-order valence-corrected chi connectivity index (χ3v) is 3.52. The molecule has 0 unspecified atom stereocenters. The summed E-state index contributed by atoms with van der Waals surface area (Å²) < 4.78 is 4.95. The van der Waals surface area contributed by atoms with Crippen LogP contribution in [-0.2, 0) is 9.53 Å². The van der Waals surface area contributed by atoms with Crippen molar-refractivity contribution < 1.29 is 9.53 Å². The smallest absolute Gasteiger partial charge is 0.304 e. The van der Waals surface area contributed by atoms with E-state index in [1.54, 1.807) is 0 Å². The van der Waals surface area contributed by atoms with Gasteiger partial charge in [0.2, 0.25) is 6.10 Å². The fourth-order valence-electron chi connectivity index (χ4n) is 1.57. The summed E-state index contributed by atoms with van der Waals surface area (Å²) in [5.74, 6) is -0.448. The van der Waals surface area contributed by atoms with E-state index in [9.17, 15) is 4.79 Å². The molecule has 0 saturated carbocycles. The molecule has 1 aromatic carbocycles. The molecule has 1 aromatic heterocycles. The Morgan fingerprint density at radius 3 is 2.61 bits per heavy atom. The summed E-state index contributed by atoms with van der Waals surface area (Å²) >= 11 is 1.46. The average molecular weight is 257 g/mol. The SMILES string of the molecule is CC(=O)O[C@H](C#N)c1ccc(-c2ccccc2)s1. The molecule has 0 saturated heterocycles. The first-order valence-corrected chi connectivity index (χ1v) is 6.24. The molecule has 4 heteroatoms. The lowest BCUT2D eigenvalue weighted by Crippen LogP contribution is -2.04. The minimum Gasteiger partial charge on any atom is -0.441 e. The molecule has 0 radical (unpaired) electrons. The van der Waals surface area contributed by atoms with Crippen molar-refractivity contribution in [3.63, 3.8) is 0 Å². The van der Waals surface area contributed by atoms with Crippen LogP contribution in [0.25, 0.3) is 10.4 Å². The van der Waals surface area contributed by atoms with Gasteiger partial charge in [0, 0.05) is 11.8 Å². The second-order valence-electron chi connectivity index (χ2n) is 3.69. The molecular weight excluding hydrogens is 246 g/mol. The fourth-order valence-corrected chi connectivity index (χ4v) is 2.55. The summed E-state index contributed by atoms with van der Waals surface area (Å²) in [5.41, 5.74) is 1.09. The third-order valence-electron chi connectivity index (χ3n) is 2.34. The largest absolute Gasteiger partial charge is 0.441 e. The Hall–Kier alpha value is -2.12. The van der Waals surface area contributed by atoms with Crippen molar-refractivity contribution in [2.45, 2.75) is 13.0 Å². The Bertz CT molecular complexity index is 583. The van der Waals surface area contributed by atoms with Crippen molar-refractivity contribution in [2.75, 3.05) is 0 Å². The van der Waals surface area contributed by atoms with E-state index in [1.165, 1.54) is 18.3 Å². The van der Waals surface area contributed by atoms with Crippen molar-refractivity contribution in [3.8, 4) is 16.5 Å². The lowest BCUT2D eigenvalue weighted by atomic mass is 10.2. The zero-order valence-corrected chi connectivity index (χ0v) is 10.6. The number of carbonyl (C=O) groups is 1. The molecule has 18 heavy (non-hydrogen) atoms. The second-order valence-corrected chi connectivity index (χ2v) is 4.80. The molecule has 1 heterocycles. The quantitative estimate of drug-likeness (QED) is 0.790. The molecule has 0 aliphatic heterocycles. The molecule has 0 N–H and O–H groups in total. The van der Waals surface area contributed by atoms with Crippen LogP contribution in [0.4, 0.5) is 0 Å². The Morgan fingerprint density at radius 2 is 2.00 bits per heavy atom. The lowest BCUT2D eigenvalue weighted by molar-refractivity contribution is -0.144. The summed E-state index contributed by atoms with van der Waals surface area (Å²) in [6.07, 6.45) is -0.815. The van der Waals surface area contributed by atoms with Crippen LogP contribution in [0, 0.1) is 11.3 Å². The summed E-state index contributed by atoms with van der Waals surface area (Å²) in [6, 6.07) is 15.6. The van der Waals surface area contributed by atoms with Gasteiger partial charge in [0.25, 0.3) is 0 Å². The van der Waals surface area contributed by atoms with Gasteiger partial charge in [-0.2, -0.15) is 5.26 Å². The van der Waals surface area contributed by atoms with Crippen LogP contribution in [0.15, 0.2) is 42.5 Å². The molecular formula is C14H11NO2S. The highest BCUT2D eigenvalue weighted by molar-refractivity contribution is 7.15. The van der Waals surface area contributed by atoms with Gasteiger partial charge in [0.05, 0.1) is 4.88 Å². The topological polar surface area (TPSA) is 50.1 Å². The lowest BCUT2D eigenvalue weighted by Gasteiger charge is -2.06. The number of nitrogens with zero attached hydrogens (tertiary/aromatic N) is 1. The zero-order valence-electron chi connectivity index (χ0n) is 9.79. The van der Waals surface area contributed by atoms with Gasteiger partial charge in [-0.15, -0.1) is 11.3 Å². The van der Waals surface area contributed by atoms with Crippen LogP contribution in [0.5, 0.6) is 0 Å². The van der Waals surface area contributed by atoms with Crippen molar-refractivity contribution >= 4 is 17.3 Å². The van der Waals surface area contributed by atoms with Gasteiger partial charge in [-0.05, 0) is 17.7 Å². The van der Waals surface area contributed by atoms with E-state index in [-0.39, 0.29) is 0 Å². The van der Waals surface area contributed by atoms with Crippen molar-refractivity contribution in [3.05, 3.63) is 47.3 Å². The molecule has 1 atom stereocenters. The number of thiophene rings is 1. The Morgan fingerprint density at radius 1 is 1.28 bits per heavy atom. The highest BCUT2D eigenvalue weighted by Gasteiger charge is 2.16. The number of nitriles is 1. The Labute approximate surface area is 109 Å². The van der Waals surface area contributed by atoms with Crippen LogP contribution in [0.3, 0.4) is 0 Å². The molecule has 0 bridgehead atoms. The van der Waals surface area contributed by atoms with E-state index in [4.69, 9.17) is 10.00 Å². The second kappa shape index (κ2) is 5.48. The molecule has 0 aliphatic carbocycles. The summed E-state index contributed by atoms with van der Waals surface area (Å²) in [5, 5.41) is 8.99. The van der Waals surface area contributed by atoms with Gasteiger partial charge in [-0.3, -0.25) is 4.79 Å². The Balaban J connectivity index is 2.25. The molecule has 0 aliphatic rings. The maximum Gasteiger partial charge on any atom is 0.304 e. The van der Waals surface area contributed by atoms with Crippen molar-refractivity contribution in [1.29, 1.82) is 5.26 Å². The van der Waals surface area contributed by atoms with Gasteiger partial charge in [-0.1, -0.05) is 30.3 Å². The first-order valence-electron chi connectivity index (χ1n) is 5.42. The van der Waals surface area contributed by atoms with Gasteiger partial charge < -0.3 is 4.74 Å². The van der Waals surface area contributed by atoms with Gasteiger partial charge >= 0.3 is 5.97 Å². The third kappa shape index (κ3) is 2.76. The number of hydrogen-bond acceptors (Lipinski definition) is 4. The summed E-state index contributed by atoms with van der Waals surface area (Å²) in [6.45, 7) is 1.30. The molecule has 0 fully saturated rings. The maximum atomic E-state index is 10.9. The summed E-state index contributed by atoms with van der Waals surface area (Å²) in [7, 11) is 0. The van der Waals surface area contributed by atoms with E-state index in [0.29, 0.717) is 0 Å². The zero-order chi connectivity index (χ0) is 13.0. The molecule has 2 rings (SSSR count). The van der Waals surface area contributed by atoms with E-state index in [0.717, 1.165) is 15.3 Å². The van der Waals surface area contributed by atoms with E-state index < -0.39 is 12.1 Å². The van der Waals surface area contributed by atoms with Crippen LogP contribution in [0.2, 0.25) is 0 Å². The predicted molar refractivity (Wildman–Crippen MR) is 69.9 cm³/mol. The number of esters is 1. The number of rotatable bonds is 3. The number of hydrogen-bond donors (Lipinski definition) is 0. The highest BCUT2D eigenvalue weighted by Crippen LogP contribution is 2.32. The minimum atomic E-state index is -0.815. The molecule has 90 valence electrons. The molecule has 3 nitrogen and oxygen atoms in total. The van der Waals surface area contributed by atoms with E-state index >= 15 is 0 Å². The number of benzene rings is 1. The van der Waals surface area contributed by atoms with E-state index in [1.807, 2.05) is 48.5 Å². The fraction of sp³-hybridized carbons (Fsp3) is 0.143. The number of carbonyl (C=O) groups excluding carboxylic acids is 1. The molecule has 2 aromatic rings. The van der Waals surface area contributed by atoms with Gasteiger partial charge in [0.1, 0.15) is 6.07 Å². The van der Waals surface area contributed by atoms with Crippen LogP contribution in [-0.4, -0.2) is 5.97 Å². The highest BCUT2D eigenvalue weighted by atomic mass is 32.1. The normalized spacial score (nSPS) is 11.6. The molecule has 0 spiro atoms. The monoisotopic (exact) mass is 257 g/mol. The van der Waals surface area contributed by atoms with Gasteiger partial charge in [0.15, 0.2) is 0 Å². The van der Waals surface area contributed by atoms with Crippen LogP contribution < -0.4 is 0 Å². The standard InChI is InChI=1S/C14H11NO2S/c1-10(16)17-12(9-15)14-8-7-13(18-14)11-5-3-2-4-6-11/h2-8,12H,1H3/t12-/m1/s1. The maximum absolute atomic E-state index is 10.9. The minimum absolute atomic E-state index is 0.448. The van der Waals surface area contributed by atoms with Crippen LogP contribution >= 0.6 is 11.3 Å². The van der Waals surface area contributed by atoms with Crippen molar-refractivity contribution in [2.24, 2.45) is 0 Å². The average Bonchev–Trinajstić information content (AvgIpc) is 2.86. The first-order chi connectivity index (χ1) is 8.70.